The van der Waals surface area contributed by atoms with E-state index in [4.69, 9.17) is 10.5 Å². The number of rotatable bonds is 4. The molecule has 2 N–H and O–H groups in total. The molecule has 3 heteroatoms. The predicted molar refractivity (Wildman–Crippen MR) is 99.9 cm³/mol. The first kappa shape index (κ1) is 16.3. The minimum absolute atomic E-state index is 0.556. The summed E-state index contributed by atoms with van der Waals surface area (Å²) in [6, 6.07) is 11.3. The molecule has 0 amide bonds. The average Bonchev–Trinajstić information content (AvgIpc) is 2.77. The second kappa shape index (κ2) is 7.35. The summed E-state index contributed by atoms with van der Waals surface area (Å²) in [4.78, 5) is 4.55. The highest BCUT2D eigenvalue weighted by Crippen LogP contribution is 2.30. The molecule has 1 aromatic carbocycles. The lowest BCUT2D eigenvalue weighted by molar-refractivity contribution is 0.482. The van der Waals surface area contributed by atoms with E-state index in [9.17, 15) is 0 Å². The molecule has 2 aromatic rings. The van der Waals surface area contributed by atoms with Crippen molar-refractivity contribution in [1.29, 1.82) is 0 Å². The summed E-state index contributed by atoms with van der Waals surface area (Å²) >= 11 is 0. The summed E-state index contributed by atoms with van der Waals surface area (Å²) < 4.78 is 5.93. The fourth-order valence-corrected chi connectivity index (χ4v) is 2.93. The average molecular weight is 320 g/mol. The number of benzene rings is 1. The number of hydrogen-bond acceptors (Lipinski definition) is 3. The van der Waals surface area contributed by atoms with Crippen molar-refractivity contribution in [3.05, 3.63) is 66.0 Å². The van der Waals surface area contributed by atoms with Crippen LogP contribution in [0.1, 0.15) is 38.8 Å². The zero-order valence-electron chi connectivity index (χ0n) is 14.3. The van der Waals surface area contributed by atoms with Crippen LogP contribution in [0.25, 0.3) is 5.57 Å². The predicted octanol–water partition coefficient (Wildman–Crippen LogP) is 5.61. The highest BCUT2D eigenvalue weighted by atomic mass is 16.5. The third kappa shape index (κ3) is 4.05. The Hall–Kier alpha value is -2.55. The summed E-state index contributed by atoms with van der Waals surface area (Å²) in [5.41, 5.74) is 10.1. The van der Waals surface area contributed by atoms with Gasteiger partial charge in [-0.25, -0.2) is 0 Å². The molecule has 0 fully saturated rings. The number of ether oxygens (including phenoxy) is 1. The van der Waals surface area contributed by atoms with Crippen LogP contribution in [0.5, 0.6) is 11.5 Å². The van der Waals surface area contributed by atoms with E-state index in [-0.39, 0.29) is 0 Å². The van der Waals surface area contributed by atoms with Gasteiger partial charge < -0.3 is 10.5 Å². The van der Waals surface area contributed by atoms with Crippen molar-refractivity contribution in [1.82, 2.24) is 4.98 Å². The van der Waals surface area contributed by atoms with Crippen LogP contribution >= 0.6 is 0 Å². The summed E-state index contributed by atoms with van der Waals surface area (Å²) in [5, 5.41) is 0. The van der Waals surface area contributed by atoms with Crippen LogP contribution in [-0.2, 0) is 0 Å². The van der Waals surface area contributed by atoms with Crippen LogP contribution in [0.4, 0.5) is 5.69 Å². The van der Waals surface area contributed by atoms with Crippen molar-refractivity contribution in [2.24, 2.45) is 5.92 Å². The monoisotopic (exact) mass is 320 g/mol. The topological polar surface area (TPSA) is 48.1 Å². The van der Waals surface area contributed by atoms with Gasteiger partial charge in [0.15, 0.2) is 0 Å². The standard InChI is InChI=1S/C21H24N2O/c1-3-16-8-7-15(2)11-17(12-16)21-14-20(9-10-23-21)24-19-6-4-5-18(22)13-19/h4-6,9-15H,3,7-8,22H2,1-2H3. The first-order valence-electron chi connectivity index (χ1n) is 8.55. The van der Waals surface area contributed by atoms with E-state index in [1.165, 1.54) is 17.6 Å². The molecule has 124 valence electrons. The lowest BCUT2D eigenvalue weighted by atomic mass is 10.0. The molecular formula is C21H24N2O. The van der Waals surface area contributed by atoms with Crippen molar-refractivity contribution in [2.45, 2.75) is 33.1 Å². The smallest absolute Gasteiger partial charge is 0.131 e. The highest BCUT2D eigenvalue weighted by Gasteiger charge is 2.12. The maximum atomic E-state index is 5.93. The molecule has 0 saturated carbocycles. The van der Waals surface area contributed by atoms with Gasteiger partial charge in [-0.15, -0.1) is 0 Å². The lowest BCUT2D eigenvalue weighted by Crippen LogP contribution is -1.93. The molecule has 0 radical (unpaired) electrons. The Bertz CT molecular complexity index is 777. The third-order valence-corrected chi connectivity index (χ3v) is 4.32. The van der Waals surface area contributed by atoms with Gasteiger partial charge in [0.25, 0.3) is 0 Å². The fraction of sp³-hybridized carbons (Fsp3) is 0.286. The van der Waals surface area contributed by atoms with Gasteiger partial charge in [0.05, 0.1) is 5.69 Å². The Kier molecular flexibility index (Phi) is 4.99. The van der Waals surface area contributed by atoms with Gasteiger partial charge in [-0.3, -0.25) is 4.98 Å². The summed E-state index contributed by atoms with van der Waals surface area (Å²) in [7, 11) is 0. The second-order valence-corrected chi connectivity index (χ2v) is 6.35. The van der Waals surface area contributed by atoms with E-state index < -0.39 is 0 Å². The number of anilines is 1. The van der Waals surface area contributed by atoms with Crippen molar-refractivity contribution in [3.8, 4) is 11.5 Å². The number of allylic oxidation sites excluding steroid dienone is 4. The first-order valence-corrected chi connectivity index (χ1v) is 8.55. The van der Waals surface area contributed by atoms with Gasteiger partial charge in [0.1, 0.15) is 11.5 Å². The SMILES string of the molecule is CCC1=CC(c2cc(Oc3cccc(N)c3)ccn2)=CC(C)CC1. The van der Waals surface area contributed by atoms with Crippen molar-refractivity contribution in [3.63, 3.8) is 0 Å². The lowest BCUT2D eigenvalue weighted by Gasteiger charge is -2.09. The van der Waals surface area contributed by atoms with E-state index in [0.29, 0.717) is 11.6 Å². The molecule has 1 atom stereocenters. The molecule has 3 rings (SSSR count). The van der Waals surface area contributed by atoms with Crippen molar-refractivity contribution >= 4 is 11.3 Å². The Morgan fingerprint density at radius 3 is 2.83 bits per heavy atom. The maximum Gasteiger partial charge on any atom is 0.131 e. The van der Waals surface area contributed by atoms with Gasteiger partial charge in [-0.1, -0.05) is 37.6 Å². The van der Waals surface area contributed by atoms with Crippen LogP contribution < -0.4 is 10.5 Å². The Morgan fingerprint density at radius 2 is 2.04 bits per heavy atom. The quantitative estimate of drug-likeness (QED) is 0.745. The normalized spacial score (nSPS) is 17.7. The summed E-state index contributed by atoms with van der Waals surface area (Å²) in [6.45, 7) is 4.48. The molecule has 1 unspecified atom stereocenters. The molecule has 1 aromatic heterocycles. The minimum Gasteiger partial charge on any atom is -0.457 e. The van der Waals surface area contributed by atoms with Crippen molar-refractivity contribution < 1.29 is 4.74 Å². The van der Waals surface area contributed by atoms with Gasteiger partial charge in [-0.2, -0.15) is 0 Å². The molecule has 0 bridgehead atoms. The number of nitrogens with zero attached hydrogens (tertiary/aromatic N) is 1. The summed E-state index contributed by atoms with van der Waals surface area (Å²) in [5.74, 6) is 2.07. The van der Waals surface area contributed by atoms with Crippen LogP contribution in [0.3, 0.4) is 0 Å². The minimum atomic E-state index is 0.556. The Labute approximate surface area is 143 Å². The Morgan fingerprint density at radius 1 is 1.21 bits per heavy atom. The first-order chi connectivity index (χ1) is 11.6. The molecule has 24 heavy (non-hydrogen) atoms. The third-order valence-electron chi connectivity index (χ3n) is 4.32. The number of nitrogens with two attached hydrogens (primary N) is 1. The highest BCUT2D eigenvalue weighted by molar-refractivity contribution is 5.73. The van der Waals surface area contributed by atoms with Crippen LogP contribution in [0, 0.1) is 5.92 Å². The van der Waals surface area contributed by atoms with Gasteiger partial charge >= 0.3 is 0 Å². The largest absolute Gasteiger partial charge is 0.457 e. The van der Waals surface area contributed by atoms with Crippen molar-refractivity contribution in [2.75, 3.05) is 5.73 Å². The molecule has 0 saturated heterocycles. The van der Waals surface area contributed by atoms with E-state index in [1.54, 1.807) is 6.20 Å². The molecule has 1 heterocycles. The van der Waals surface area contributed by atoms with E-state index >= 15 is 0 Å². The van der Waals surface area contributed by atoms with Crippen LogP contribution in [0.2, 0.25) is 0 Å². The number of nitrogen functional groups attached to an aromatic ring is 1. The number of hydrogen-bond donors (Lipinski definition) is 1. The molecule has 0 aliphatic heterocycles. The number of pyridine rings is 1. The van der Waals surface area contributed by atoms with Gasteiger partial charge in [0.2, 0.25) is 0 Å². The molecule has 1 aliphatic rings. The molecule has 1 aliphatic carbocycles. The van der Waals surface area contributed by atoms with E-state index in [0.717, 1.165) is 30.0 Å². The second-order valence-electron chi connectivity index (χ2n) is 6.35. The van der Waals surface area contributed by atoms with Gasteiger partial charge in [0, 0.05) is 24.0 Å². The number of aromatic nitrogens is 1. The Balaban J connectivity index is 1.89. The van der Waals surface area contributed by atoms with Crippen LogP contribution in [0.15, 0.2) is 60.3 Å². The van der Waals surface area contributed by atoms with Gasteiger partial charge in [-0.05, 0) is 49.0 Å². The van der Waals surface area contributed by atoms with E-state index in [2.05, 4.69) is 31.0 Å². The molecular weight excluding hydrogens is 296 g/mol. The zero-order valence-corrected chi connectivity index (χ0v) is 14.3. The summed E-state index contributed by atoms with van der Waals surface area (Å²) in [6.07, 6.45) is 9.85. The fourth-order valence-electron chi connectivity index (χ4n) is 2.93. The zero-order chi connectivity index (χ0) is 16.9. The van der Waals surface area contributed by atoms with Crippen LogP contribution in [-0.4, -0.2) is 4.98 Å². The molecule has 0 spiro atoms. The molecule has 3 nitrogen and oxygen atoms in total. The van der Waals surface area contributed by atoms with E-state index in [1.807, 2.05) is 36.4 Å². The maximum absolute atomic E-state index is 5.93.